The van der Waals surface area contributed by atoms with Gasteiger partial charge in [0.2, 0.25) is 0 Å². The summed E-state index contributed by atoms with van der Waals surface area (Å²) in [5.41, 5.74) is 2.00. The van der Waals surface area contributed by atoms with Crippen molar-refractivity contribution in [2.45, 2.75) is 44.4 Å². The number of hydrogen-bond acceptors (Lipinski definition) is 1. The number of aryl methyl sites for hydroxylation is 1. The summed E-state index contributed by atoms with van der Waals surface area (Å²) >= 11 is 7.95. The maximum Gasteiger partial charge on any atom is 0.0341 e. The zero-order valence-electron chi connectivity index (χ0n) is 8.63. The lowest BCUT2D eigenvalue weighted by molar-refractivity contribution is 0.309. The summed E-state index contributed by atoms with van der Waals surface area (Å²) in [6.07, 6.45) is 6.25. The first-order valence-corrected chi connectivity index (χ1v) is 6.71. The van der Waals surface area contributed by atoms with Crippen LogP contribution in [-0.4, -0.2) is 5.38 Å². The van der Waals surface area contributed by atoms with Crippen LogP contribution in [0.4, 0.5) is 0 Å². The fraction of sp³-hybridized carbons (Fsp3) is 0.667. The molecule has 2 unspecified atom stereocenters. The minimum absolute atomic E-state index is 0.433. The van der Waals surface area contributed by atoms with Gasteiger partial charge in [0.1, 0.15) is 0 Å². The normalized spacial score (nSPS) is 32.3. The molecule has 14 heavy (non-hydrogen) atoms. The highest BCUT2D eigenvalue weighted by Crippen LogP contribution is 2.43. The van der Waals surface area contributed by atoms with Gasteiger partial charge in [-0.05, 0) is 59.9 Å². The Balaban J connectivity index is 1.86. The van der Waals surface area contributed by atoms with Gasteiger partial charge in [0.15, 0.2) is 0 Å². The fourth-order valence-corrected chi connectivity index (χ4v) is 3.54. The molecule has 0 aliphatic heterocycles. The van der Waals surface area contributed by atoms with E-state index >= 15 is 0 Å². The zero-order valence-corrected chi connectivity index (χ0v) is 10.2. The standard InChI is InChI=1S/C12H17ClS/c1-12(6-3-11(13)8-12)5-2-10-4-7-14-9-10/h4,7,9,11H,2-3,5-6,8H2,1H3. The van der Waals surface area contributed by atoms with E-state index in [-0.39, 0.29) is 0 Å². The molecule has 0 spiro atoms. The first-order chi connectivity index (χ1) is 6.68. The smallest absolute Gasteiger partial charge is 0.0341 e. The van der Waals surface area contributed by atoms with Gasteiger partial charge in [0.05, 0.1) is 0 Å². The maximum absolute atomic E-state index is 6.16. The topological polar surface area (TPSA) is 0 Å². The van der Waals surface area contributed by atoms with Crippen LogP contribution in [0.3, 0.4) is 0 Å². The van der Waals surface area contributed by atoms with E-state index in [1.54, 1.807) is 11.3 Å². The first kappa shape index (κ1) is 10.5. The molecule has 0 saturated heterocycles. The molecule has 1 aromatic heterocycles. The van der Waals surface area contributed by atoms with Crippen LogP contribution in [0.15, 0.2) is 16.8 Å². The largest absolute Gasteiger partial charge is 0.152 e. The van der Waals surface area contributed by atoms with Crippen LogP contribution in [0.1, 0.15) is 38.2 Å². The molecule has 1 aliphatic rings. The van der Waals surface area contributed by atoms with Crippen molar-refractivity contribution >= 4 is 22.9 Å². The zero-order chi connectivity index (χ0) is 10.0. The highest BCUT2D eigenvalue weighted by molar-refractivity contribution is 7.07. The predicted octanol–water partition coefficient (Wildman–Crippen LogP) is 4.48. The monoisotopic (exact) mass is 228 g/mol. The van der Waals surface area contributed by atoms with Gasteiger partial charge in [-0.3, -0.25) is 0 Å². The van der Waals surface area contributed by atoms with Gasteiger partial charge in [-0.1, -0.05) is 6.92 Å². The van der Waals surface area contributed by atoms with E-state index in [0.717, 1.165) is 0 Å². The Morgan fingerprint density at radius 2 is 2.50 bits per heavy atom. The second kappa shape index (κ2) is 4.24. The van der Waals surface area contributed by atoms with Crippen molar-refractivity contribution in [3.05, 3.63) is 22.4 Å². The second-order valence-corrected chi connectivity index (χ2v) is 6.18. The summed E-state index contributed by atoms with van der Waals surface area (Å²) in [5.74, 6) is 0. The summed E-state index contributed by atoms with van der Waals surface area (Å²) in [4.78, 5) is 0. The molecule has 0 aromatic carbocycles. The number of hydrogen-bond donors (Lipinski definition) is 0. The van der Waals surface area contributed by atoms with Crippen LogP contribution >= 0.6 is 22.9 Å². The van der Waals surface area contributed by atoms with Gasteiger partial charge in [0, 0.05) is 5.38 Å². The molecule has 2 heteroatoms. The van der Waals surface area contributed by atoms with Crippen molar-refractivity contribution in [2.75, 3.05) is 0 Å². The SMILES string of the molecule is CC1(CCc2ccsc2)CCC(Cl)C1. The summed E-state index contributed by atoms with van der Waals surface area (Å²) in [5, 5.41) is 4.86. The van der Waals surface area contributed by atoms with E-state index in [4.69, 9.17) is 11.6 Å². The van der Waals surface area contributed by atoms with Crippen molar-refractivity contribution in [3.8, 4) is 0 Å². The first-order valence-electron chi connectivity index (χ1n) is 5.33. The molecule has 1 aliphatic carbocycles. The average Bonchev–Trinajstić information content (AvgIpc) is 2.73. The molecule has 1 heterocycles. The Kier molecular flexibility index (Phi) is 3.18. The van der Waals surface area contributed by atoms with E-state index in [2.05, 4.69) is 23.8 Å². The molecule has 2 rings (SSSR count). The molecule has 78 valence electrons. The lowest BCUT2D eigenvalue weighted by Crippen LogP contribution is -2.13. The van der Waals surface area contributed by atoms with Gasteiger partial charge < -0.3 is 0 Å². The predicted molar refractivity (Wildman–Crippen MR) is 64.2 cm³/mol. The van der Waals surface area contributed by atoms with Crippen LogP contribution in [0.2, 0.25) is 0 Å². The number of halogens is 1. The number of thiophene rings is 1. The van der Waals surface area contributed by atoms with Crippen LogP contribution in [0, 0.1) is 5.41 Å². The van der Waals surface area contributed by atoms with E-state index in [9.17, 15) is 0 Å². The summed E-state index contributed by atoms with van der Waals surface area (Å²) < 4.78 is 0. The number of rotatable bonds is 3. The van der Waals surface area contributed by atoms with Crippen molar-refractivity contribution < 1.29 is 0 Å². The lowest BCUT2D eigenvalue weighted by atomic mass is 9.83. The van der Waals surface area contributed by atoms with Crippen molar-refractivity contribution in [3.63, 3.8) is 0 Å². The molecule has 1 fully saturated rings. The van der Waals surface area contributed by atoms with E-state index < -0.39 is 0 Å². The minimum Gasteiger partial charge on any atom is -0.152 e. The molecule has 1 aromatic rings. The average molecular weight is 229 g/mol. The molecule has 0 bridgehead atoms. The Morgan fingerprint density at radius 3 is 3.07 bits per heavy atom. The highest BCUT2D eigenvalue weighted by Gasteiger charge is 2.33. The molecular weight excluding hydrogens is 212 g/mol. The van der Waals surface area contributed by atoms with Gasteiger partial charge >= 0.3 is 0 Å². The third kappa shape index (κ3) is 2.52. The second-order valence-electron chi connectivity index (χ2n) is 4.78. The van der Waals surface area contributed by atoms with Gasteiger partial charge in [-0.25, -0.2) is 0 Å². The molecule has 2 atom stereocenters. The summed E-state index contributed by atoms with van der Waals surface area (Å²) in [6.45, 7) is 2.39. The molecule has 0 N–H and O–H groups in total. The molecular formula is C12H17ClS. The highest BCUT2D eigenvalue weighted by atomic mass is 35.5. The van der Waals surface area contributed by atoms with E-state index in [1.807, 2.05) is 0 Å². The third-order valence-electron chi connectivity index (χ3n) is 3.37. The van der Waals surface area contributed by atoms with Crippen LogP contribution < -0.4 is 0 Å². The maximum atomic E-state index is 6.16. The number of alkyl halides is 1. The van der Waals surface area contributed by atoms with Crippen LogP contribution in [0.25, 0.3) is 0 Å². The Labute approximate surface area is 95.3 Å². The van der Waals surface area contributed by atoms with Crippen LogP contribution in [0.5, 0.6) is 0 Å². The summed E-state index contributed by atoms with van der Waals surface area (Å²) in [6, 6.07) is 2.24. The Bertz CT molecular complexity index is 281. The molecule has 0 radical (unpaired) electrons. The molecule has 0 nitrogen and oxygen atoms in total. The Morgan fingerprint density at radius 1 is 1.64 bits per heavy atom. The molecule has 0 amide bonds. The van der Waals surface area contributed by atoms with E-state index in [1.165, 1.54) is 37.7 Å². The van der Waals surface area contributed by atoms with Gasteiger partial charge in [0.25, 0.3) is 0 Å². The van der Waals surface area contributed by atoms with Gasteiger partial charge in [-0.15, -0.1) is 11.6 Å². The van der Waals surface area contributed by atoms with Gasteiger partial charge in [-0.2, -0.15) is 11.3 Å². The molecule has 1 saturated carbocycles. The Hall–Kier alpha value is -0.0100. The van der Waals surface area contributed by atoms with Crippen molar-refractivity contribution in [1.82, 2.24) is 0 Å². The van der Waals surface area contributed by atoms with Crippen LogP contribution in [-0.2, 0) is 6.42 Å². The summed E-state index contributed by atoms with van der Waals surface area (Å²) in [7, 11) is 0. The minimum atomic E-state index is 0.433. The third-order valence-corrected chi connectivity index (χ3v) is 4.48. The quantitative estimate of drug-likeness (QED) is 0.670. The van der Waals surface area contributed by atoms with E-state index in [0.29, 0.717) is 10.8 Å². The van der Waals surface area contributed by atoms with Crippen molar-refractivity contribution in [1.29, 1.82) is 0 Å². The lowest BCUT2D eigenvalue weighted by Gasteiger charge is -2.23. The van der Waals surface area contributed by atoms with Crippen molar-refractivity contribution in [2.24, 2.45) is 5.41 Å². The fourth-order valence-electron chi connectivity index (χ4n) is 2.35.